The fourth-order valence-corrected chi connectivity index (χ4v) is 2.70. The fourth-order valence-electron chi connectivity index (χ4n) is 2.70. The molecule has 2 nitrogen and oxygen atoms in total. The van der Waals surface area contributed by atoms with Gasteiger partial charge in [0.05, 0.1) is 0 Å². The van der Waals surface area contributed by atoms with Gasteiger partial charge in [0.1, 0.15) is 5.82 Å². The summed E-state index contributed by atoms with van der Waals surface area (Å²) in [6.45, 7) is 7.83. The Bertz CT molecular complexity index is 363. The molecule has 0 aromatic heterocycles. The van der Waals surface area contributed by atoms with E-state index in [9.17, 15) is 4.39 Å². The standard InChI is InChI=1S/C15H23FN2/c1-12-7-9-18(13(2)11-12)10-8-17-15-5-3-14(16)4-6-15/h3-6,12-13,17H,7-11H2,1-2H3. The summed E-state index contributed by atoms with van der Waals surface area (Å²) in [5.74, 6) is 0.681. The first-order valence-corrected chi connectivity index (χ1v) is 6.88. The molecule has 18 heavy (non-hydrogen) atoms. The predicted molar refractivity (Wildman–Crippen MR) is 74.3 cm³/mol. The Balaban J connectivity index is 1.73. The van der Waals surface area contributed by atoms with Gasteiger partial charge >= 0.3 is 0 Å². The summed E-state index contributed by atoms with van der Waals surface area (Å²) in [5, 5.41) is 3.34. The Morgan fingerprint density at radius 2 is 2.00 bits per heavy atom. The summed E-state index contributed by atoms with van der Waals surface area (Å²) < 4.78 is 12.8. The Morgan fingerprint density at radius 3 is 2.67 bits per heavy atom. The number of nitrogens with zero attached hydrogens (tertiary/aromatic N) is 1. The van der Waals surface area contributed by atoms with Gasteiger partial charge in [-0.15, -0.1) is 0 Å². The van der Waals surface area contributed by atoms with Crippen molar-refractivity contribution in [2.75, 3.05) is 25.0 Å². The molecule has 2 atom stereocenters. The third-order valence-corrected chi connectivity index (χ3v) is 3.85. The molecule has 0 spiro atoms. The van der Waals surface area contributed by atoms with E-state index in [1.807, 2.05) is 0 Å². The van der Waals surface area contributed by atoms with Gasteiger partial charge in [0.15, 0.2) is 0 Å². The number of nitrogens with one attached hydrogen (secondary N) is 1. The maximum absolute atomic E-state index is 12.8. The number of benzene rings is 1. The SMILES string of the molecule is CC1CCN(CCNc2ccc(F)cc2)C(C)C1. The molecular weight excluding hydrogens is 227 g/mol. The number of hydrogen-bond acceptors (Lipinski definition) is 2. The molecule has 1 aromatic rings. The van der Waals surface area contributed by atoms with Gasteiger partial charge in [-0.25, -0.2) is 4.39 Å². The van der Waals surface area contributed by atoms with Crippen LogP contribution in [0.1, 0.15) is 26.7 Å². The first kappa shape index (κ1) is 13.3. The molecule has 1 aliphatic heterocycles. The lowest BCUT2D eigenvalue weighted by molar-refractivity contribution is 0.135. The second-order valence-electron chi connectivity index (χ2n) is 5.45. The summed E-state index contributed by atoms with van der Waals surface area (Å²) in [4.78, 5) is 2.54. The lowest BCUT2D eigenvalue weighted by atomic mass is 9.93. The van der Waals surface area contributed by atoms with Crippen LogP contribution in [-0.2, 0) is 0 Å². The maximum Gasteiger partial charge on any atom is 0.123 e. The van der Waals surface area contributed by atoms with Crippen molar-refractivity contribution in [3.63, 3.8) is 0 Å². The van der Waals surface area contributed by atoms with E-state index in [4.69, 9.17) is 0 Å². The molecule has 0 radical (unpaired) electrons. The van der Waals surface area contributed by atoms with Crippen molar-refractivity contribution in [2.45, 2.75) is 32.7 Å². The van der Waals surface area contributed by atoms with Crippen molar-refractivity contribution >= 4 is 5.69 Å². The predicted octanol–water partition coefficient (Wildman–Crippen LogP) is 3.36. The van der Waals surface area contributed by atoms with Crippen molar-refractivity contribution < 1.29 is 4.39 Å². The van der Waals surface area contributed by atoms with Gasteiger partial charge in [0.25, 0.3) is 0 Å². The molecule has 1 aliphatic rings. The molecule has 0 saturated carbocycles. The molecule has 0 amide bonds. The van der Waals surface area contributed by atoms with Gasteiger partial charge in [-0.3, -0.25) is 4.90 Å². The average molecular weight is 250 g/mol. The molecule has 3 heteroatoms. The molecule has 2 rings (SSSR count). The molecule has 1 heterocycles. The number of likely N-dealkylation sites (tertiary alicyclic amines) is 1. The van der Waals surface area contributed by atoms with E-state index in [2.05, 4.69) is 24.1 Å². The van der Waals surface area contributed by atoms with Crippen molar-refractivity contribution in [1.29, 1.82) is 0 Å². The Morgan fingerprint density at radius 1 is 1.28 bits per heavy atom. The van der Waals surface area contributed by atoms with Crippen LogP contribution in [0.25, 0.3) is 0 Å². The van der Waals surface area contributed by atoms with Gasteiger partial charge < -0.3 is 5.32 Å². The normalized spacial score (nSPS) is 25.1. The van der Waals surface area contributed by atoms with E-state index in [-0.39, 0.29) is 5.82 Å². The van der Waals surface area contributed by atoms with Crippen molar-refractivity contribution in [3.05, 3.63) is 30.1 Å². The third-order valence-electron chi connectivity index (χ3n) is 3.85. The van der Waals surface area contributed by atoms with Crippen LogP contribution in [0, 0.1) is 11.7 Å². The summed E-state index contributed by atoms with van der Waals surface area (Å²) in [6.07, 6.45) is 2.61. The van der Waals surface area contributed by atoms with E-state index in [1.54, 1.807) is 12.1 Å². The molecular formula is C15H23FN2. The van der Waals surface area contributed by atoms with Crippen LogP contribution in [0.4, 0.5) is 10.1 Å². The van der Waals surface area contributed by atoms with Crippen LogP contribution in [0.5, 0.6) is 0 Å². The van der Waals surface area contributed by atoms with Gasteiger partial charge in [-0.1, -0.05) is 6.92 Å². The van der Waals surface area contributed by atoms with Gasteiger partial charge in [0.2, 0.25) is 0 Å². The summed E-state index contributed by atoms with van der Waals surface area (Å²) >= 11 is 0. The van der Waals surface area contributed by atoms with Crippen LogP contribution < -0.4 is 5.32 Å². The van der Waals surface area contributed by atoms with E-state index in [0.29, 0.717) is 6.04 Å². The number of rotatable bonds is 4. The zero-order valence-corrected chi connectivity index (χ0v) is 11.3. The van der Waals surface area contributed by atoms with Crippen LogP contribution in [0.15, 0.2) is 24.3 Å². The smallest absolute Gasteiger partial charge is 0.123 e. The highest BCUT2D eigenvalue weighted by atomic mass is 19.1. The van der Waals surface area contributed by atoms with Crippen LogP contribution in [0.2, 0.25) is 0 Å². The molecule has 2 unspecified atom stereocenters. The largest absolute Gasteiger partial charge is 0.384 e. The molecule has 1 N–H and O–H groups in total. The zero-order valence-electron chi connectivity index (χ0n) is 11.3. The maximum atomic E-state index is 12.8. The minimum Gasteiger partial charge on any atom is -0.384 e. The number of hydrogen-bond donors (Lipinski definition) is 1. The topological polar surface area (TPSA) is 15.3 Å². The van der Waals surface area contributed by atoms with Gasteiger partial charge in [-0.2, -0.15) is 0 Å². The summed E-state index contributed by atoms with van der Waals surface area (Å²) in [6, 6.07) is 7.25. The van der Waals surface area contributed by atoms with E-state index in [1.165, 1.54) is 31.5 Å². The lowest BCUT2D eigenvalue weighted by Gasteiger charge is -2.36. The van der Waals surface area contributed by atoms with Gasteiger partial charge in [0, 0.05) is 24.8 Å². The molecule has 1 fully saturated rings. The Labute approximate surface area is 109 Å². The average Bonchev–Trinajstić information content (AvgIpc) is 2.34. The number of halogens is 1. The monoisotopic (exact) mass is 250 g/mol. The molecule has 1 aromatic carbocycles. The quantitative estimate of drug-likeness (QED) is 0.881. The lowest BCUT2D eigenvalue weighted by Crippen LogP contribution is -2.42. The van der Waals surface area contributed by atoms with Crippen molar-refractivity contribution in [1.82, 2.24) is 4.90 Å². The van der Waals surface area contributed by atoms with Crippen LogP contribution in [-0.4, -0.2) is 30.6 Å². The summed E-state index contributed by atoms with van der Waals surface area (Å²) in [7, 11) is 0. The minimum absolute atomic E-state index is 0.181. The fraction of sp³-hybridized carbons (Fsp3) is 0.600. The Hall–Kier alpha value is -1.09. The van der Waals surface area contributed by atoms with Crippen molar-refractivity contribution in [3.8, 4) is 0 Å². The second kappa shape index (κ2) is 6.19. The van der Waals surface area contributed by atoms with Crippen LogP contribution in [0.3, 0.4) is 0 Å². The van der Waals surface area contributed by atoms with Gasteiger partial charge in [-0.05, 0) is 56.5 Å². The zero-order chi connectivity index (χ0) is 13.0. The molecule has 1 saturated heterocycles. The van der Waals surface area contributed by atoms with E-state index >= 15 is 0 Å². The van der Waals surface area contributed by atoms with Crippen LogP contribution >= 0.6 is 0 Å². The molecule has 100 valence electrons. The second-order valence-corrected chi connectivity index (χ2v) is 5.45. The first-order valence-electron chi connectivity index (χ1n) is 6.88. The van der Waals surface area contributed by atoms with E-state index in [0.717, 1.165) is 24.7 Å². The highest BCUT2D eigenvalue weighted by Crippen LogP contribution is 2.21. The minimum atomic E-state index is -0.181. The van der Waals surface area contributed by atoms with E-state index < -0.39 is 0 Å². The highest BCUT2D eigenvalue weighted by molar-refractivity contribution is 5.42. The first-order chi connectivity index (χ1) is 8.65. The molecule has 0 bridgehead atoms. The third kappa shape index (κ3) is 3.70. The highest BCUT2D eigenvalue weighted by Gasteiger charge is 2.21. The summed E-state index contributed by atoms with van der Waals surface area (Å²) in [5.41, 5.74) is 0.995. The molecule has 0 aliphatic carbocycles. The Kier molecular flexibility index (Phi) is 4.59. The number of anilines is 1. The van der Waals surface area contributed by atoms with Crippen molar-refractivity contribution in [2.24, 2.45) is 5.92 Å². The number of piperidine rings is 1.